The van der Waals surface area contributed by atoms with Crippen LogP contribution >= 0.6 is 0 Å². The van der Waals surface area contributed by atoms with E-state index >= 15 is 0 Å². The molecule has 0 bridgehead atoms. The first kappa shape index (κ1) is 36.2. The Hall–Kier alpha value is -2.66. The van der Waals surface area contributed by atoms with E-state index in [1.54, 1.807) is 0 Å². The molecular weight excluding hydrogens is 572 g/mol. The molecule has 1 atom stereocenters. The zero-order valence-corrected chi connectivity index (χ0v) is 29.2. The Bertz CT molecular complexity index is 1270. The van der Waals surface area contributed by atoms with Crippen LogP contribution < -0.4 is 0 Å². The fourth-order valence-electron chi connectivity index (χ4n) is 7.92. The number of rotatable bonds is 15. The van der Waals surface area contributed by atoms with Gasteiger partial charge in [-0.25, -0.2) is 4.79 Å². The van der Waals surface area contributed by atoms with Gasteiger partial charge in [0.25, 0.3) is 0 Å². The molecule has 0 aromatic heterocycles. The summed E-state index contributed by atoms with van der Waals surface area (Å²) in [6, 6.07) is 14.3. The van der Waals surface area contributed by atoms with E-state index in [0.717, 1.165) is 24.7 Å². The van der Waals surface area contributed by atoms with Crippen LogP contribution in [0.2, 0.25) is 0 Å². The highest BCUT2D eigenvalue weighted by molar-refractivity contribution is 5.87. The first-order valence-corrected chi connectivity index (χ1v) is 18.2. The lowest BCUT2D eigenvalue weighted by Crippen LogP contribution is -2.30. The van der Waals surface area contributed by atoms with Crippen LogP contribution in [0.15, 0.2) is 48.6 Å². The number of benzene rings is 2. The lowest BCUT2D eigenvalue weighted by molar-refractivity contribution is -0.153. The fraction of sp³-hybridized carbons (Fsp3) is 0.659. The lowest BCUT2D eigenvalue weighted by Gasteiger charge is -2.40. The van der Waals surface area contributed by atoms with Gasteiger partial charge in [0.1, 0.15) is 0 Å². The monoisotopic (exact) mass is 632 g/mol. The van der Waals surface area contributed by atoms with Gasteiger partial charge in [-0.1, -0.05) is 62.7 Å². The van der Waals surface area contributed by atoms with Crippen molar-refractivity contribution in [3.8, 4) is 0 Å². The summed E-state index contributed by atoms with van der Waals surface area (Å²) in [5.41, 5.74) is 2.55. The van der Waals surface area contributed by atoms with E-state index in [1.807, 2.05) is 20.8 Å². The van der Waals surface area contributed by atoms with E-state index < -0.39 is 11.4 Å². The quantitative estimate of drug-likeness (QED) is 0.120. The minimum atomic E-state index is -0.532. The third kappa shape index (κ3) is 10.4. The van der Waals surface area contributed by atoms with Gasteiger partial charge in [-0.05, 0) is 149 Å². The number of aryl methyl sites for hydroxylation is 1. The number of aliphatic hydroxyl groups excluding tert-OH is 1. The Balaban J connectivity index is 1.26. The van der Waals surface area contributed by atoms with Crippen LogP contribution in [0.25, 0.3) is 10.8 Å². The summed E-state index contributed by atoms with van der Waals surface area (Å²) < 4.78 is 11.0. The molecule has 254 valence electrons. The van der Waals surface area contributed by atoms with Gasteiger partial charge in [0, 0.05) is 0 Å². The van der Waals surface area contributed by atoms with Gasteiger partial charge in [0.2, 0.25) is 0 Å². The third-order valence-electron chi connectivity index (χ3n) is 10.9. The zero-order valence-electron chi connectivity index (χ0n) is 29.2. The third-order valence-corrected chi connectivity index (χ3v) is 10.9. The molecule has 0 saturated heterocycles. The summed E-state index contributed by atoms with van der Waals surface area (Å²) in [4.78, 5) is 24.4. The van der Waals surface area contributed by atoms with Gasteiger partial charge in [-0.15, -0.1) is 0 Å². The average Bonchev–Trinajstić information content (AvgIpc) is 3.06. The molecule has 0 amide bonds. The minimum Gasteiger partial charge on any atom is -0.465 e. The lowest BCUT2D eigenvalue weighted by atomic mass is 9.66. The fourth-order valence-corrected chi connectivity index (χ4v) is 7.92. The van der Waals surface area contributed by atoms with Gasteiger partial charge in [-0.3, -0.25) is 4.79 Å². The van der Waals surface area contributed by atoms with Crippen LogP contribution in [0, 0.1) is 29.1 Å². The second-order valence-corrected chi connectivity index (χ2v) is 15.3. The number of fused-ring (bicyclic) bond motifs is 1. The van der Waals surface area contributed by atoms with Crippen molar-refractivity contribution < 1.29 is 24.2 Å². The van der Waals surface area contributed by atoms with E-state index in [4.69, 9.17) is 9.47 Å². The molecule has 1 unspecified atom stereocenters. The molecular formula is C41H60O5. The molecule has 0 radical (unpaired) electrons. The molecule has 2 aliphatic rings. The Morgan fingerprint density at radius 2 is 1.46 bits per heavy atom. The highest BCUT2D eigenvalue weighted by Crippen LogP contribution is 2.46. The summed E-state index contributed by atoms with van der Waals surface area (Å²) in [7, 11) is 0. The van der Waals surface area contributed by atoms with Crippen LogP contribution in [0.1, 0.15) is 128 Å². The minimum absolute atomic E-state index is 0.0817. The smallest absolute Gasteiger partial charge is 0.335 e. The number of aliphatic hydroxyl groups is 1. The Kier molecular flexibility index (Phi) is 13.7. The van der Waals surface area contributed by atoms with Gasteiger partial charge in [0.15, 0.2) is 0 Å². The van der Waals surface area contributed by atoms with E-state index in [9.17, 15) is 14.7 Å². The second kappa shape index (κ2) is 17.5. The second-order valence-electron chi connectivity index (χ2n) is 15.3. The van der Waals surface area contributed by atoms with Crippen molar-refractivity contribution in [2.24, 2.45) is 29.1 Å². The molecule has 46 heavy (non-hydrogen) atoms. The molecule has 0 spiro atoms. The van der Waals surface area contributed by atoms with Gasteiger partial charge in [-0.2, -0.15) is 0 Å². The summed E-state index contributed by atoms with van der Waals surface area (Å²) >= 11 is 0. The van der Waals surface area contributed by atoms with Crippen LogP contribution in [0.4, 0.5) is 0 Å². The maximum absolute atomic E-state index is 12.4. The highest BCUT2D eigenvalue weighted by Gasteiger charge is 2.34. The van der Waals surface area contributed by atoms with E-state index in [0.29, 0.717) is 31.0 Å². The summed E-state index contributed by atoms with van der Waals surface area (Å²) in [6.07, 6.45) is 16.7. The van der Waals surface area contributed by atoms with Gasteiger partial charge >= 0.3 is 11.9 Å². The van der Waals surface area contributed by atoms with Crippen LogP contribution in [-0.4, -0.2) is 36.9 Å². The Morgan fingerprint density at radius 3 is 2.09 bits per heavy atom. The number of hydrogen-bond acceptors (Lipinski definition) is 5. The maximum atomic E-state index is 12.4. The van der Waals surface area contributed by atoms with Gasteiger partial charge < -0.3 is 14.6 Å². The number of ether oxygens (including phenoxy) is 2. The average molecular weight is 633 g/mol. The predicted molar refractivity (Wildman–Crippen MR) is 188 cm³/mol. The van der Waals surface area contributed by atoms with Crippen LogP contribution in [0.3, 0.4) is 0 Å². The van der Waals surface area contributed by atoms with Crippen molar-refractivity contribution in [3.05, 3.63) is 59.7 Å². The maximum Gasteiger partial charge on any atom is 0.335 e. The topological polar surface area (TPSA) is 72.8 Å². The Labute approximate surface area is 278 Å². The molecule has 2 aliphatic carbocycles. The molecule has 2 aromatic carbocycles. The molecule has 5 nitrogen and oxygen atoms in total. The van der Waals surface area contributed by atoms with Crippen molar-refractivity contribution in [1.82, 2.24) is 0 Å². The Morgan fingerprint density at radius 1 is 0.848 bits per heavy atom. The van der Waals surface area contributed by atoms with E-state index in [-0.39, 0.29) is 18.1 Å². The van der Waals surface area contributed by atoms with Crippen LogP contribution in [0.5, 0.6) is 0 Å². The SMILES string of the molecule is C=C(CO)C(=O)OCCC(CCOC(=O)C(C)(C)C)C1CCC(C2CCC(c3ccc4cc(CCCCC)ccc4c3)CC2)CC1. The summed E-state index contributed by atoms with van der Waals surface area (Å²) in [5, 5.41) is 11.9. The molecule has 5 heteroatoms. The standard InChI is InChI=1S/C41H60O5/c1-6-7-8-9-30-10-11-38-27-37(21-20-36(38)26-30)34-18-16-32(17-19-34)31-12-14-33(15-13-31)35(22-24-45-39(43)29(2)28-42)23-25-46-40(44)41(3,4)5/h10-11,20-21,26-27,31-35,42H,2,6-9,12-19,22-25,28H2,1,3-5H3. The van der Waals surface area contributed by atoms with Crippen molar-refractivity contribution in [3.63, 3.8) is 0 Å². The van der Waals surface area contributed by atoms with Crippen molar-refractivity contribution in [1.29, 1.82) is 0 Å². The molecule has 2 fully saturated rings. The molecule has 2 saturated carbocycles. The molecule has 0 heterocycles. The molecule has 2 aromatic rings. The number of hydrogen-bond donors (Lipinski definition) is 1. The number of carbonyl (C=O) groups excluding carboxylic acids is 2. The number of carbonyl (C=O) groups is 2. The largest absolute Gasteiger partial charge is 0.465 e. The number of esters is 2. The van der Waals surface area contributed by atoms with E-state index in [1.165, 1.54) is 98.9 Å². The highest BCUT2D eigenvalue weighted by atomic mass is 16.5. The summed E-state index contributed by atoms with van der Waals surface area (Å²) in [6.45, 7) is 11.8. The van der Waals surface area contributed by atoms with Crippen molar-refractivity contribution in [2.45, 2.75) is 124 Å². The molecule has 4 rings (SSSR count). The van der Waals surface area contributed by atoms with Crippen LogP contribution in [-0.2, 0) is 25.5 Å². The molecule has 0 aliphatic heterocycles. The first-order valence-electron chi connectivity index (χ1n) is 18.2. The van der Waals surface area contributed by atoms with Gasteiger partial charge in [0.05, 0.1) is 30.8 Å². The van der Waals surface area contributed by atoms with Crippen molar-refractivity contribution in [2.75, 3.05) is 19.8 Å². The normalized spacial score (nSPS) is 22.7. The first-order chi connectivity index (χ1) is 22.1. The van der Waals surface area contributed by atoms with E-state index in [2.05, 4.69) is 49.9 Å². The summed E-state index contributed by atoms with van der Waals surface area (Å²) in [5.74, 6) is 2.46. The number of unbranched alkanes of at least 4 members (excludes halogenated alkanes) is 2. The predicted octanol–water partition coefficient (Wildman–Crippen LogP) is 9.73. The van der Waals surface area contributed by atoms with Crippen molar-refractivity contribution >= 4 is 22.7 Å². The zero-order chi connectivity index (χ0) is 33.1. The molecule has 1 N–H and O–H groups in total.